The van der Waals surface area contributed by atoms with Crippen molar-refractivity contribution in [3.63, 3.8) is 0 Å². The van der Waals surface area contributed by atoms with E-state index in [9.17, 15) is 8.78 Å². The summed E-state index contributed by atoms with van der Waals surface area (Å²) in [5, 5.41) is 5.40. The molecule has 1 fully saturated rings. The lowest BCUT2D eigenvalue weighted by Gasteiger charge is -2.32. The fourth-order valence-corrected chi connectivity index (χ4v) is 3.35. The Morgan fingerprint density at radius 1 is 1.19 bits per heavy atom. The zero-order chi connectivity index (χ0) is 18.8. The minimum Gasteiger partial charge on any atom is -0.491 e. The number of fused-ring (bicyclic) bond motifs is 1. The zero-order valence-electron chi connectivity index (χ0n) is 15.1. The molecule has 2 aromatic carbocycles. The van der Waals surface area contributed by atoms with Gasteiger partial charge in [-0.05, 0) is 29.8 Å². The molecule has 1 aliphatic rings. The molecule has 1 atom stereocenters. The van der Waals surface area contributed by atoms with E-state index in [4.69, 9.17) is 9.47 Å². The van der Waals surface area contributed by atoms with Gasteiger partial charge in [0.05, 0.1) is 18.3 Å². The third-order valence-electron chi connectivity index (χ3n) is 4.77. The van der Waals surface area contributed by atoms with Gasteiger partial charge >= 0.3 is 0 Å². The molecule has 27 heavy (non-hydrogen) atoms. The van der Waals surface area contributed by atoms with E-state index in [-0.39, 0.29) is 6.10 Å². The van der Waals surface area contributed by atoms with Gasteiger partial charge in [-0.15, -0.1) is 0 Å². The van der Waals surface area contributed by atoms with Crippen LogP contribution in [0.5, 0.6) is 5.75 Å². The molecule has 1 aliphatic heterocycles. The van der Waals surface area contributed by atoms with Crippen LogP contribution in [-0.4, -0.2) is 47.1 Å². The standard InChI is InChI=1S/C20H21F2N3O2/c1-24-20-5-2-14(8-15(20)10-23-24)11-25-6-7-26-17(12-25)13-27-16-3-4-18(21)19(22)9-16/h2-5,8-10,17H,6-7,11-13H2,1H3/t17-/m0/s1. The molecule has 1 aromatic heterocycles. The van der Waals surface area contributed by atoms with Crippen LogP contribution in [0, 0.1) is 11.6 Å². The molecule has 0 amide bonds. The van der Waals surface area contributed by atoms with Gasteiger partial charge in [-0.3, -0.25) is 9.58 Å². The smallest absolute Gasteiger partial charge is 0.162 e. The molecule has 5 nitrogen and oxygen atoms in total. The first-order valence-corrected chi connectivity index (χ1v) is 8.91. The Bertz CT molecular complexity index is 944. The Kier molecular flexibility index (Phi) is 5.05. The van der Waals surface area contributed by atoms with Crippen LogP contribution in [0.1, 0.15) is 5.56 Å². The summed E-state index contributed by atoms with van der Waals surface area (Å²) in [5.41, 5.74) is 2.33. The van der Waals surface area contributed by atoms with E-state index >= 15 is 0 Å². The number of nitrogens with zero attached hydrogens (tertiary/aromatic N) is 3. The first-order chi connectivity index (χ1) is 13.1. The van der Waals surface area contributed by atoms with Gasteiger partial charge < -0.3 is 9.47 Å². The van der Waals surface area contributed by atoms with Gasteiger partial charge in [0, 0.05) is 38.1 Å². The molecule has 0 radical (unpaired) electrons. The lowest BCUT2D eigenvalue weighted by Crippen LogP contribution is -2.44. The fourth-order valence-electron chi connectivity index (χ4n) is 3.35. The van der Waals surface area contributed by atoms with Crippen LogP contribution in [0.2, 0.25) is 0 Å². The quantitative estimate of drug-likeness (QED) is 0.689. The molecule has 0 bridgehead atoms. The van der Waals surface area contributed by atoms with E-state index in [1.54, 1.807) is 0 Å². The maximum absolute atomic E-state index is 13.3. The second-order valence-corrected chi connectivity index (χ2v) is 6.78. The molecule has 4 rings (SSSR count). The molecule has 2 heterocycles. The van der Waals surface area contributed by atoms with Crippen molar-refractivity contribution in [1.82, 2.24) is 14.7 Å². The summed E-state index contributed by atoms with van der Waals surface area (Å²) < 4.78 is 39.4. The predicted octanol–water partition coefficient (Wildman–Crippen LogP) is 3.13. The fraction of sp³-hybridized carbons (Fsp3) is 0.350. The van der Waals surface area contributed by atoms with Gasteiger partial charge in [0.1, 0.15) is 18.5 Å². The average Bonchev–Trinajstić information content (AvgIpc) is 3.03. The van der Waals surface area contributed by atoms with Crippen molar-refractivity contribution in [1.29, 1.82) is 0 Å². The van der Waals surface area contributed by atoms with E-state index in [1.165, 1.54) is 11.6 Å². The number of aryl methyl sites for hydroxylation is 1. The van der Waals surface area contributed by atoms with Crippen LogP contribution in [0.15, 0.2) is 42.6 Å². The van der Waals surface area contributed by atoms with Crippen LogP contribution in [0.4, 0.5) is 8.78 Å². The number of aromatic nitrogens is 2. The maximum Gasteiger partial charge on any atom is 0.162 e. The van der Waals surface area contributed by atoms with Gasteiger partial charge in [-0.25, -0.2) is 8.78 Å². The Balaban J connectivity index is 1.35. The van der Waals surface area contributed by atoms with E-state index in [0.29, 0.717) is 19.0 Å². The van der Waals surface area contributed by atoms with E-state index in [2.05, 4.69) is 28.2 Å². The monoisotopic (exact) mass is 373 g/mol. The summed E-state index contributed by atoms with van der Waals surface area (Å²) >= 11 is 0. The molecule has 7 heteroatoms. The lowest BCUT2D eigenvalue weighted by molar-refractivity contribution is -0.0504. The number of hydrogen-bond donors (Lipinski definition) is 0. The van der Waals surface area contributed by atoms with Gasteiger partial charge in [0.25, 0.3) is 0 Å². The number of rotatable bonds is 5. The van der Waals surface area contributed by atoms with Crippen LogP contribution in [0.25, 0.3) is 10.9 Å². The van der Waals surface area contributed by atoms with Crippen molar-refractivity contribution < 1.29 is 18.3 Å². The molecule has 3 aromatic rings. The molecular formula is C20H21F2N3O2. The summed E-state index contributed by atoms with van der Waals surface area (Å²) in [4.78, 5) is 2.31. The number of morpholine rings is 1. The van der Waals surface area contributed by atoms with Crippen molar-refractivity contribution >= 4 is 10.9 Å². The predicted molar refractivity (Wildman–Crippen MR) is 97.6 cm³/mol. The number of ether oxygens (including phenoxy) is 2. The van der Waals surface area contributed by atoms with Crippen molar-refractivity contribution in [2.75, 3.05) is 26.3 Å². The van der Waals surface area contributed by atoms with E-state index in [0.717, 1.165) is 42.7 Å². The molecule has 0 N–H and O–H groups in total. The van der Waals surface area contributed by atoms with Gasteiger partial charge in [-0.2, -0.15) is 5.10 Å². The zero-order valence-corrected chi connectivity index (χ0v) is 15.1. The van der Waals surface area contributed by atoms with Crippen LogP contribution >= 0.6 is 0 Å². The Morgan fingerprint density at radius 3 is 2.93 bits per heavy atom. The minimum atomic E-state index is -0.913. The lowest BCUT2D eigenvalue weighted by atomic mass is 10.1. The second kappa shape index (κ2) is 7.62. The van der Waals surface area contributed by atoms with Gasteiger partial charge in [-0.1, -0.05) is 6.07 Å². The second-order valence-electron chi connectivity index (χ2n) is 6.78. The highest BCUT2D eigenvalue weighted by Crippen LogP contribution is 2.19. The van der Waals surface area contributed by atoms with Crippen molar-refractivity contribution in [2.24, 2.45) is 7.05 Å². The Hall–Kier alpha value is -2.51. The van der Waals surface area contributed by atoms with E-state index < -0.39 is 11.6 Å². The van der Waals surface area contributed by atoms with Crippen molar-refractivity contribution in [2.45, 2.75) is 12.6 Å². The summed E-state index contributed by atoms with van der Waals surface area (Å²) in [6.07, 6.45) is 1.75. The summed E-state index contributed by atoms with van der Waals surface area (Å²) in [5.74, 6) is -1.49. The first kappa shape index (κ1) is 17.9. The van der Waals surface area contributed by atoms with Crippen molar-refractivity contribution in [3.05, 3.63) is 59.8 Å². The molecular weight excluding hydrogens is 352 g/mol. The van der Waals surface area contributed by atoms with E-state index in [1.807, 2.05) is 17.9 Å². The molecule has 0 spiro atoms. The highest BCUT2D eigenvalue weighted by atomic mass is 19.2. The third kappa shape index (κ3) is 4.09. The highest BCUT2D eigenvalue weighted by molar-refractivity contribution is 5.79. The molecule has 142 valence electrons. The number of halogens is 2. The van der Waals surface area contributed by atoms with Gasteiger partial charge in [0.2, 0.25) is 0 Å². The normalized spacial score (nSPS) is 18.1. The van der Waals surface area contributed by atoms with Crippen molar-refractivity contribution in [3.8, 4) is 5.75 Å². The topological polar surface area (TPSA) is 39.5 Å². The molecule has 0 aliphatic carbocycles. The summed E-state index contributed by atoms with van der Waals surface area (Å²) in [6, 6.07) is 9.90. The summed E-state index contributed by atoms with van der Waals surface area (Å²) in [6.45, 7) is 3.28. The number of hydrogen-bond acceptors (Lipinski definition) is 4. The van der Waals surface area contributed by atoms with Crippen LogP contribution in [-0.2, 0) is 18.3 Å². The van der Waals surface area contributed by atoms with Gasteiger partial charge in [0.15, 0.2) is 11.6 Å². The highest BCUT2D eigenvalue weighted by Gasteiger charge is 2.21. The maximum atomic E-state index is 13.3. The molecule has 0 unspecified atom stereocenters. The molecule has 0 saturated carbocycles. The summed E-state index contributed by atoms with van der Waals surface area (Å²) in [7, 11) is 1.93. The average molecular weight is 373 g/mol. The SMILES string of the molecule is Cn1ncc2cc(CN3CCO[C@H](COc4ccc(F)c(F)c4)C3)ccc21. The first-order valence-electron chi connectivity index (χ1n) is 8.91. The van der Waals surface area contributed by atoms with Crippen LogP contribution in [0.3, 0.4) is 0 Å². The third-order valence-corrected chi connectivity index (χ3v) is 4.77. The molecule has 1 saturated heterocycles. The Morgan fingerprint density at radius 2 is 2.07 bits per heavy atom. The van der Waals surface area contributed by atoms with Crippen LogP contribution < -0.4 is 4.74 Å². The minimum absolute atomic E-state index is 0.117. The largest absolute Gasteiger partial charge is 0.491 e. The Labute approximate surface area is 156 Å². The number of benzene rings is 2.